The fraction of sp³-hybridized carbons (Fsp3) is 0.284. The van der Waals surface area contributed by atoms with Gasteiger partial charge < -0.3 is 9.55 Å². The second-order valence-corrected chi connectivity index (χ2v) is 28.6. The number of aromatic nitrogens is 3. The van der Waals surface area contributed by atoms with Crippen molar-refractivity contribution in [2.75, 3.05) is 0 Å². The molecular weight excluding hydrogens is 1100 g/mol. The van der Waals surface area contributed by atoms with Crippen LogP contribution < -0.4 is 5.19 Å². The fourth-order valence-corrected chi connectivity index (χ4v) is 14.6. The van der Waals surface area contributed by atoms with Gasteiger partial charge in [0, 0.05) is 36.7 Å². The number of nitrogens with zero attached hydrogens (tertiary/aromatic N) is 3. The molecule has 0 amide bonds. The SMILES string of the molecule is CC(C)Cc1cc(-c2[c-]ccc3c2Cc2ccccc2-3)ncc1[Si](C)(C)C.CC(C)c1cc(-c2ccccc2)cc(C(C)C)c1-n1c(-c2[c-]cc(C3CCCC3)c3c2sc2ccccc23)nc2ccccc21.[Ir]. The molecule has 0 unspecified atom stereocenters. The Balaban J connectivity index is 0.000000187. The van der Waals surface area contributed by atoms with Crippen molar-refractivity contribution in [3.63, 3.8) is 0 Å². The van der Waals surface area contributed by atoms with Crippen LogP contribution in [0.1, 0.15) is 118 Å². The van der Waals surface area contributed by atoms with Gasteiger partial charge in [-0.1, -0.05) is 200 Å². The number of benzene rings is 7. The predicted molar refractivity (Wildman–Crippen MR) is 311 cm³/mol. The Morgan fingerprint density at radius 1 is 0.712 bits per heavy atom. The molecule has 6 heteroatoms. The molecule has 10 aromatic rings. The van der Waals surface area contributed by atoms with E-state index in [0.29, 0.717) is 23.7 Å². The van der Waals surface area contributed by atoms with Crippen LogP contribution in [0, 0.1) is 18.1 Å². The van der Waals surface area contributed by atoms with Gasteiger partial charge in [0.2, 0.25) is 0 Å². The van der Waals surface area contributed by atoms with Gasteiger partial charge in [0.1, 0.15) is 0 Å². The van der Waals surface area contributed by atoms with Crippen LogP contribution in [0.25, 0.3) is 81.8 Å². The molecule has 2 aliphatic carbocycles. The smallest absolute Gasteiger partial charge is 0.0798 e. The van der Waals surface area contributed by atoms with Crippen LogP contribution in [0.4, 0.5) is 0 Å². The molecule has 0 bridgehead atoms. The Kier molecular flexibility index (Phi) is 14.5. The van der Waals surface area contributed by atoms with Gasteiger partial charge in [-0.05, 0) is 121 Å². The Labute approximate surface area is 452 Å². The molecule has 1 radical (unpaired) electrons. The number of thiophene rings is 1. The van der Waals surface area contributed by atoms with E-state index in [1.807, 2.05) is 11.3 Å². The minimum absolute atomic E-state index is 0. The molecule has 7 aromatic carbocycles. The van der Waals surface area contributed by atoms with Crippen LogP contribution in [-0.2, 0) is 32.9 Å². The van der Waals surface area contributed by atoms with Gasteiger partial charge in [-0.2, -0.15) is 11.3 Å². The summed E-state index contributed by atoms with van der Waals surface area (Å²) >= 11 is 1.91. The summed E-state index contributed by atoms with van der Waals surface area (Å²) in [4.78, 5) is 10.4. The zero-order valence-electron chi connectivity index (χ0n) is 44.0. The summed E-state index contributed by atoms with van der Waals surface area (Å²) in [5.74, 6) is 2.90. The number of para-hydroxylation sites is 2. The van der Waals surface area contributed by atoms with Gasteiger partial charge in [-0.25, -0.2) is 0 Å². The Morgan fingerprint density at radius 3 is 2.12 bits per heavy atom. The minimum atomic E-state index is -1.41. The molecule has 1 fully saturated rings. The van der Waals surface area contributed by atoms with Crippen molar-refractivity contribution in [2.24, 2.45) is 5.92 Å². The molecule has 1 saturated carbocycles. The molecule has 371 valence electrons. The molecule has 73 heavy (non-hydrogen) atoms. The third kappa shape index (κ3) is 9.66. The third-order valence-electron chi connectivity index (χ3n) is 15.3. The van der Waals surface area contributed by atoms with Crippen molar-refractivity contribution in [3.8, 4) is 50.6 Å². The van der Waals surface area contributed by atoms with Gasteiger partial charge in [-0.15, -0.1) is 47.0 Å². The van der Waals surface area contributed by atoms with Gasteiger partial charge >= 0.3 is 0 Å². The molecule has 3 heterocycles. The van der Waals surface area contributed by atoms with Crippen molar-refractivity contribution in [2.45, 2.75) is 117 Å². The van der Waals surface area contributed by atoms with Gasteiger partial charge in [0.25, 0.3) is 0 Å². The molecular formula is C67H67IrN3SSi-2. The van der Waals surface area contributed by atoms with Crippen molar-refractivity contribution < 1.29 is 20.1 Å². The number of rotatable bonds is 10. The topological polar surface area (TPSA) is 30.7 Å². The Hall–Kier alpha value is -5.75. The van der Waals surface area contributed by atoms with E-state index in [2.05, 4.69) is 224 Å². The minimum Gasteiger partial charge on any atom is -0.333 e. The maximum absolute atomic E-state index is 5.43. The first-order valence-electron chi connectivity index (χ1n) is 26.5. The van der Waals surface area contributed by atoms with Crippen LogP contribution >= 0.6 is 11.3 Å². The summed E-state index contributed by atoms with van der Waals surface area (Å²) in [6, 6.07) is 58.3. The van der Waals surface area contributed by atoms with Crippen LogP contribution in [0.2, 0.25) is 19.6 Å². The molecule has 3 nitrogen and oxygen atoms in total. The predicted octanol–water partition coefficient (Wildman–Crippen LogP) is 18.3. The Morgan fingerprint density at radius 2 is 1.40 bits per heavy atom. The number of pyridine rings is 1. The molecule has 0 atom stereocenters. The van der Waals surface area contributed by atoms with Crippen LogP contribution in [0.5, 0.6) is 0 Å². The monoisotopic (exact) mass is 1170 g/mol. The zero-order chi connectivity index (χ0) is 49.8. The maximum Gasteiger partial charge on any atom is 0.0798 e. The van der Waals surface area contributed by atoms with Crippen molar-refractivity contribution in [1.82, 2.24) is 14.5 Å². The summed E-state index contributed by atoms with van der Waals surface area (Å²) < 4.78 is 5.13. The molecule has 0 spiro atoms. The fourth-order valence-electron chi connectivity index (χ4n) is 11.8. The molecule has 0 N–H and O–H groups in total. The second-order valence-electron chi connectivity index (χ2n) is 22.5. The summed E-state index contributed by atoms with van der Waals surface area (Å²) in [5.41, 5.74) is 20.5. The van der Waals surface area contributed by atoms with E-state index in [0.717, 1.165) is 41.0 Å². The third-order valence-corrected chi connectivity index (χ3v) is 18.5. The first kappa shape index (κ1) is 50.8. The first-order valence-corrected chi connectivity index (χ1v) is 30.8. The van der Waals surface area contributed by atoms with E-state index in [1.165, 1.54) is 118 Å². The van der Waals surface area contributed by atoms with Crippen LogP contribution in [-0.4, -0.2) is 22.6 Å². The number of imidazole rings is 1. The Bertz CT molecular complexity index is 3590. The summed E-state index contributed by atoms with van der Waals surface area (Å²) in [5, 5.41) is 4.29. The number of hydrogen-bond donors (Lipinski definition) is 0. The van der Waals surface area contributed by atoms with E-state index in [9.17, 15) is 0 Å². The standard InChI is InChI=1S/C42H39N2S.C25H28NSi.Ir/c1-26(2)34-24-30(28-14-6-5-7-15-28)25-35(27(3)4)40(34)44-37-20-12-11-19-36(37)43-42(44)33-23-22-31(29-16-8-9-17-29)39-32-18-10-13-21-38(32)45-41(33)39;1-17(2)13-19-15-24(26-16-25(19)27(3,4)5)22-12-8-11-21-20-10-7-6-9-18(20)14-23(21)22;/h5-7,10-15,18-22,24-27,29H,8-9,16-17H2,1-4H3;6-11,15-17H,13-14H2,1-5H3;/q2*-1;. The van der Waals surface area contributed by atoms with Crippen molar-refractivity contribution in [1.29, 1.82) is 0 Å². The molecule has 0 aliphatic heterocycles. The molecule has 2 aliphatic rings. The average Bonchev–Trinajstić information content (AvgIpc) is 4.20. The van der Waals surface area contributed by atoms with E-state index < -0.39 is 8.07 Å². The van der Waals surface area contributed by atoms with Gasteiger partial charge in [0.05, 0.1) is 24.9 Å². The summed E-state index contributed by atoms with van der Waals surface area (Å²) in [7, 11) is -1.41. The molecule has 0 saturated heterocycles. The second kappa shape index (κ2) is 20.9. The van der Waals surface area contributed by atoms with E-state index in [1.54, 1.807) is 0 Å². The van der Waals surface area contributed by atoms with Crippen LogP contribution in [0.3, 0.4) is 0 Å². The van der Waals surface area contributed by atoms with E-state index in [-0.39, 0.29) is 20.1 Å². The molecule has 12 rings (SSSR count). The molecule has 3 aromatic heterocycles. The van der Waals surface area contributed by atoms with E-state index >= 15 is 0 Å². The van der Waals surface area contributed by atoms with Gasteiger partial charge in [0.15, 0.2) is 0 Å². The van der Waals surface area contributed by atoms with Crippen molar-refractivity contribution in [3.05, 3.63) is 191 Å². The summed E-state index contributed by atoms with van der Waals surface area (Å²) in [6.07, 6.45) is 9.44. The normalized spacial score (nSPS) is 13.5. The maximum atomic E-state index is 5.43. The summed E-state index contributed by atoms with van der Waals surface area (Å²) in [6.45, 7) is 21.1. The van der Waals surface area contributed by atoms with Crippen molar-refractivity contribution >= 4 is 55.8 Å². The van der Waals surface area contributed by atoms with Crippen LogP contribution in [0.15, 0.2) is 146 Å². The number of hydrogen-bond acceptors (Lipinski definition) is 3. The zero-order valence-corrected chi connectivity index (χ0v) is 48.2. The average molecular weight is 1170 g/mol. The van der Waals surface area contributed by atoms with Gasteiger partial charge in [-0.3, -0.25) is 4.98 Å². The first-order chi connectivity index (χ1) is 34.8. The van der Waals surface area contributed by atoms with E-state index in [4.69, 9.17) is 9.97 Å². The quantitative estimate of drug-likeness (QED) is 0.101. The number of fused-ring (bicyclic) bond motifs is 7. The largest absolute Gasteiger partial charge is 0.333 e.